The molecule has 0 radical (unpaired) electrons. The molecule has 2 aromatic heterocycles. The van der Waals surface area contributed by atoms with Gasteiger partial charge in [0.2, 0.25) is 5.88 Å². The van der Waals surface area contributed by atoms with Gasteiger partial charge in [0, 0.05) is 11.4 Å². The van der Waals surface area contributed by atoms with Crippen LogP contribution < -0.4 is 4.18 Å². The van der Waals surface area contributed by atoms with Crippen molar-refractivity contribution in [2.24, 2.45) is 0 Å². The van der Waals surface area contributed by atoms with E-state index >= 15 is 0 Å². The van der Waals surface area contributed by atoms with E-state index in [0.717, 1.165) is 24.5 Å². The van der Waals surface area contributed by atoms with Gasteiger partial charge in [-0.25, -0.2) is 9.78 Å². The van der Waals surface area contributed by atoms with Crippen molar-refractivity contribution >= 4 is 37.6 Å². The Morgan fingerprint density at radius 3 is 2.55 bits per heavy atom. The number of nitrogens with zero attached hydrogens (tertiary/aromatic N) is 1. The Balaban J connectivity index is 2.56. The summed E-state index contributed by atoms with van der Waals surface area (Å²) < 4.78 is 68.0. The fraction of sp³-hybridized carbons (Fsp3) is 0.273. The average molecular weight is 355 g/mol. The number of ether oxygens (including phenoxy) is 1. The summed E-state index contributed by atoms with van der Waals surface area (Å²) >= 11 is 1.13. The van der Waals surface area contributed by atoms with E-state index in [-0.39, 0.29) is 11.1 Å². The second kappa shape index (κ2) is 5.39. The minimum atomic E-state index is -5.83. The Morgan fingerprint density at radius 2 is 2.00 bits per heavy atom. The van der Waals surface area contributed by atoms with E-state index in [4.69, 9.17) is 0 Å². The first-order valence-electron chi connectivity index (χ1n) is 5.54. The highest BCUT2D eigenvalue weighted by Crippen LogP contribution is 2.32. The number of fused-ring (bicyclic) bond motifs is 1. The average Bonchev–Trinajstić information content (AvgIpc) is 2.80. The van der Waals surface area contributed by atoms with Crippen LogP contribution in [0.1, 0.15) is 15.9 Å². The van der Waals surface area contributed by atoms with E-state index in [1.54, 1.807) is 0 Å². The number of esters is 1. The minimum absolute atomic E-state index is 0.0143. The predicted octanol–water partition coefficient (Wildman–Crippen LogP) is 2.62. The molecule has 0 bridgehead atoms. The standard InChI is InChI=1S/C11H8F3NO5S2/c1-5-3-7(20-22(17,18)11(12,13)14)15-8-6(10(16)19-2)4-21-9(5)8/h3-4H,1-2H3. The maximum absolute atomic E-state index is 12.3. The van der Waals surface area contributed by atoms with Gasteiger partial charge >= 0.3 is 21.6 Å². The molecule has 11 heteroatoms. The van der Waals surface area contributed by atoms with E-state index in [0.29, 0.717) is 10.3 Å². The number of carbonyl (C=O) groups excluding carboxylic acids is 1. The van der Waals surface area contributed by atoms with Crippen LogP contribution in [0, 0.1) is 6.92 Å². The van der Waals surface area contributed by atoms with E-state index in [1.807, 2.05) is 0 Å². The lowest BCUT2D eigenvalue weighted by Crippen LogP contribution is -2.28. The molecule has 120 valence electrons. The summed E-state index contributed by atoms with van der Waals surface area (Å²) in [5.41, 5.74) is -5.13. The molecule has 6 nitrogen and oxygen atoms in total. The van der Waals surface area contributed by atoms with E-state index < -0.39 is 27.5 Å². The van der Waals surface area contributed by atoms with Gasteiger partial charge < -0.3 is 8.92 Å². The highest BCUT2D eigenvalue weighted by atomic mass is 32.2. The third kappa shape index (κ3) is 2.86. The quantitative estimate of drug-likeness (QED) is 0.478. The third-order valence-electron chi connectivity index (χ3n) is 2.57. The van der Waals surface area contributed by atoms with Crippen molar-refractivity contribution in [1.29, 1.82) is 0 Å². The number of methoxy groups -OCH3 is 1. The van der Waals surface area contributed by atoms with Crippen molar-refractivity contribution in [2.45, 2.75) is 12.4 Å². The van der Waals surface area contributed by atoms with Gasteiger partial charge in [0.15, 0.2) is 0 Å². The zero-order chi connectivity index (χ0) is 16.7. The van der Waals surface area contributed by atoms with Gasteiger partial charge in [-0.05, 0) is 12.5 Å². The van der Waals surface area contributed by atoms with Gasteiger partial charge in [-0.15, -0.1) is 11.3 Å². The van der Waals surface area contributed by atoms with Gasteiger partial charge in [-0.3, -0.25) is 0 Å². The largest absolute Gasteiger partial charge is 0.534 e. The number of carbonyl (C=O) groups is 1. The van der Waals surface area contributed by atoms with Crippen LogP contribution in [0.5, 0.6) is 5.88 Å². The zero-order valence-electron chi connectivity index (χ0n) is 11.1. The lowest BCUT2D eigenvalue weighted by atomic mass is 10.2. The molecule has 22 heavy (non-hydrogen) atoms. The first-order chi connectivity index (χ1) is 10.1. The smallest absolute Gasteiger partial charge is 0.465 e. The highest BCUT2D eigenvalue weighted by molar-refractivity contribution is 7.87. The van der Waals surface area contributed by atoms with Crippen molar-refractivity contribution in [3.05, 3.63) is 22.6 Å². The molecule has 0 saturated heterocycles. The second-order valence-corrected chi connectivity index (χ2v) is 6.50. The SMILES string of the molecule is COC(=O)c1csc2c(C)cc(OS(=O)(=O)C(F)(F)F)nc12. The highest BCUT2D eigenvalue weighted by Gasteiger charge is 2.49. The summed E-state index contributed by atoms with van der Waals surface area (Å²) in [5, 5.41) is 1.42. The molecular formula is C11H8F3NO5S2. The van der Waals surface area contributed by atoms with Gasteiger partial charge in [0.05, 0.1) is 22.9 Å². The number of hydrogen-bond donors (Lipinski definition) is 0. The first-order valence-corrected chi connectivity index (χ1v) is 7.83. The van der Waals surface area contributed by atoms with Crippen molar-refractivity contribution in [1.82, 2.24) is 4.98 Å². The number of pyridine rings is 1. The molecule has 2 rings (SSSR count). The van der Waals surface area contributed by atoms with Gasteiger partial charge in [-0.1, -0.05) is 0 Å². The van der Waals surface area contributed by atoms with Crippen LogP contribution in [0.15, 0.2) is 11.4 Å². The van der Waals surface area contributed by atoms with E-state index in [1.165, 1.54) is 12.3 Å². The molecule has 0 spiro atoms. The van der Waals surface area contributed by atoms with Gasteiger partial charge in [0.25, 0.3) is 0 Å². The summed E-state index contributed by atoms with van der Waals surface area (Å²) in [6.07, 6.45) is 0. The molecule has 0 aromatic carbocycles. The van der Waals surface area contributed by atoms with Crippen LogP contribution in [-0.2, 0) is 14.9 Å². The minimum Gasteiger partial charge on any atom is -0.465 e. The molecule has 0 aliphatic rings. The van der Waals surface area contributed by atoms with E-state index in [2.05, 4.69) is 13.9 Å². The monoisotopic (exact) mass is 355 g/mol. The van der Waals surface area contributed by atoms with Gasteiger partial charge in [-0.2, -0.15) is 21.6 Å². The molecule has 0 aliphatic heterocycles. The van der Waals surface area contributed by atoms with Crippen LogP contribution in [0.3, 0.4) is 0 Å². The Bertz CT molecular complexity index is 841. The van der Waals surface area contributed by atoms with Crippen molar-refractivity contribution in [2.75, 3.05) is 7.11 Å². The number of aromatic nitrogens is 1. The summed E-state index contributed by atoms with van der Waals surface area (Å²) in [4.78, 5) is 15.2. The lowest BCUT2D eigenvalue weighted by Gasteiger charge is -2.09. The lowest BCUT2D eigenvalue weighted by molar-refractivity contribution is -0.0501. The normalized spacial score (nSPS) is 12.4. The molecule has 2 aromatic rings. The van der Waals surface area contributed by atoms with E-state index in [9.17, 15) is 26.4 Å². The fourth-order valence-corrected chi connectivity index (χ4v) is 2.95. The maximum atomic E-state index is 12.3. The maximum Gasteiger partial charge on any atom is 0.534 e. The van der Waals surface area contributed by atoms with Crippen molar-refractivity contribution in [3.63, 3.8) is 0 Å². The van der Waals surface area contributed by atoms with Crippen LogP contribution in [0.2, 0.25) is 0 Å². The van der Waals surface area contributed by atoms with Crippen LogP contribution >= 0.6 is 11.3 Å². The molecule has 0 fully saturated rings. The number of halogens is 3. The molecule has 0 N–H and O–H groups in total. The Labute approximate surface area is 126 Å². The first kappa shape index (κ1) is 16.5. The molecule has 0 amide bonds. The molecule has 0 saturated carbocycles. The van der Waals surface area contributed by atoms with Crippen molar-refractivity contribution < 1.29 is 35.3 Å². The molecule has 0 atom stereocenters. The predicted molar refractivity (Wildman–Crippen MR) is 71.3 cm³/mol. The molecule has 2 heterocycles. The number of aryl methyl sites for hydroxylation is 1. The Hall–Kier alpha value is -1.88. The topological polar surface area (TPSA) is 82.6 Å². The second-order valence-electron chi connectivity index (χ2n) is 4.08. The van der Waals surface area contributed by atoms with Crippen LogP contribution in [0.4, 0.5) is 13.2 Å². The third-order valence-corrected chi connectivity index (χ3v) is 4.63. The molecular weight excluding hydrogens is 347 g/mol. The molecule has 0 aliphatic carbocycles. The summed E-state index contributed by atoms with van der Waals surface area (Å²) in [5.74, 6) is -1.51. The van der Waals surface area contributed by atoms with Crippen LogP contribution in [0.25, 0.3) is 10.2 Å². The number of alkyl halides is 3. The van der Waals surface area contributed by atoms with Gasteiger partial charge in [0.1, 0.15) is 0 Å². The Morgan fingerprint density at radius 1 is 1.36 bits per heavy atom. The number of hydrogen-bond acceptors (Lipinski definition) is 7. The van der Waals surface area contributed by atoms with Crippen LogP contribution in [-0.4, -0.2) is 32.0 Å². The summed E-state index contributed by atoms with van der Waals surface area (Å²) in [7, 11) is -4.70. The number of rotatable bonds is 3. The number of thiophene rings is 1. The fourth-order valence-electron chi connectivity index (χ4n) is 1.59. The summed E-state index contributed by atoms with van der Waals surface area (Å²) in [6.45, 7) is 1.52. The zero-order valence-corrected chi connectivity index (χ0v) is 12.7. The summed E-state index contributed by atoms with van der Waals surface area (Å²) in [6, 6.07) is 1.04. The molecule has 0 unspecified atom stereocenters. The Kier molecular flexibility index (Phi) is 4.04. The van der Waals surface area contributed by atoms with Crippen molar-refractivity contribution in [3.8, 4) is 5.88 Å².